The maximum absolute atomic E-state index is 12.6. The predicted octanol–water partition coefficient (Wildman–Crippen LogP) is 3.68. The average Bonchev–Trinajstić information content (AvgIpc) is 2.51. The molecular weight excluding hydrogens is 272 g/mol. The standard InChI is InChI=1S/C17H13ClO2/c18-17(15(19)13-7-2-1-3-8-13)11-10-12-6-4-5-9-14(12)16(17)20/h1-9H,10-11H2. The lowest BCUT2D eigenvalue weighted by Gasteiger charge is -2.29. The molecule has 1 aliphatic carbocycles. The van der Waals surface area contributed by atoms with Gasteiger partial charge in [-0.1, -0.05) is 54.6 Å². The fourth-order valence-electron chi connectivity index (χ4n) is 2.63. The number of halogens is 1. The van der Waals surface area contributed by atoms with Gasteiger partial charge in [-0.2, -0.15) is 0 Å². The highest BCUT2D eigenvalue weighted by Crippen LogP contribution is 2.36. The molecule has 20 heavy (non-hydrogen) atoms. The van der Waals surface area contributed by atoms with Gasteiger partial charge in [0.1, 0.15) is 0 Å². The molecule has 100 valence electrons. The zero-order valence-corrected chi connectivity index (χ0v) is 11.6. The zero-order valence-electron chi connectivity index (χ0n) is 10.8. The Hall–Kier alpha value is -1.93. The van der Waals surface area contributed by atoms with Crippen molar-refractivity contribution in [1.29, 1.82) is 0 Å². The van der Waals surface area contributed by atoms with Crippen molar-refractivity contribution in [3.63, 3.8) is 0 Å². The Morgan fingerprint density at radius 3 is 2.40 bits per heavy atom. The van der Waals surface area contributed by atoms with Crippen LogP contribution >= 0.6 is 11.6 Å². The molecule has 0 spiro atoms. The molecule has 0 bridgehead atoms. The van der Waals surface area contributed by atoms with Gasteiger partial charge in [-0.05, 0) is 18.4 Å². The topological polar surface area (TPSA) is 34.1 Å². The smallest absolute Gasteiger partial charge is 0.191 e. The molecule has 0 saturated carbocycles. The molecule has 0 aromatic heterocycles. The Morgan fingerprint density at radius 2 is 1.65 bits per heavy atom. The van der Waals surface area contributed by atoms with Gasteiger partial charge in [0.25, 0.3) is 0 Å². The van der Waals surface area contributed by atoms with Crippen LogP contribution in [0.25, 0.3) is 0 Å². The van der Waals surface area contributed by atoms with Gasteiger partial charge in [0.15, 0.2) is 16.4 Å². The lowest BCUT2D eigenvalue weighted by Crippen LogP contribution is -2.44. The Labute approximate surface area is 122 Å². The third-order valence-corrected chi connectivity index (χ3v) is 4.29. The molecule has 1 unspecified atom stereocenters. The van der Waals surface area contributed by atoms with E-state index in [0.29, 0.717) is 24.0 Å². The Bertz CT molecular complexity index is 678. The summed E-state index contributed by atoms with van der Waals surface area (Å²) in [6.45, 7) is 0. The van der Waals surface area contributed by atoms with Crippen LogP contribution in [0.3, 0.4) is 0 Å². The number of carbonyl (C=O) groups is 2. The van der Waals surface area contributed by atoms with Gasteiger partial charge < -0.3 is 0 Å². The molecule has 0 aliphatic heterocycles. The summed E-state index contributed by atoms with van der Waals surface area (Å²) < 4.78 is 0. The first-order chi connectivity index (χ1) is 9.63. The third kappa shape index (κ3) is 1.97. The minimum absolute atomic E-state index is 0.283. The van der Waals surface area contributed by atoms with E-state index < -0.39 is 4.87 Å². The van der Waals surface area contributed by atoms with Crippen molar-refractivity contribution in [3.8, 4) is 0 Å². The van der Waals surface area contributed by atoms with E-state index in [1.807, 2.05) is 18.2 Å². The van der Waals surface area contributed by atoms with Crippen LogP contribution in [-0.4, -0.2) is 16.4 Å². The number of rotatable bonds is 2. The van der Waals surface area contributed by atoms with Crippen molar-refractivity contribution in [1.82, 2.24) is 0 Å². The molecule has 2 aromatic carbocycles. The lowest BCUT2D eigenvalue weighted by molar-refractivity contribution is 0.0816. The summed E-state index contributed by atoms with van der Waals surface area (Å²) in [7, 11) is 0. The first kappa shape index (κ1) is 13.1. The number of hydrogen-bond donors (Lipinski definition) is 0. The van der Waals surface area contributed by atoms with E-state index in [2.05, 4.69) is 0 Å². The van der Waals surface area contributed by atoms with Crippen molar-refractivity contribution >= 4 is 23.2 Å². The molecule has 2 nitrogen and oxygen atoms in total. The van der Waals surface area contributed by atoms with Crippen molar-refractivity contribution < 1.29 is 9.59 Å². The third-order valence-electron chi connectivity index (χ3n) is 3.76. The van der Waals surface area contributed by atoms with Crippen LogP contribution < -0.4 is 0 Å². The Balaban J connectivity index is 2.02. The molecule has 0 radical (unpaired) electrons. The Morgan fingerprint density at radius 1 is 1.00 bits per heavy atom. The highest BCUT2D eigenvalue weighted by atomic mass is 35.5. The van der Waals surface area contributed by atoms with Crippen LogP contribution in [0.5, 0.6) is 0 Å². The van der Waals surface area contributed by atoms with E-state index in [4.69, 9.17) is 11.6 Å². The molecule has 0 amide bonds. The summed E-state index contributed by atoms with van der Waals surface area (Å²) in [5, 5.41) is 0. The SMILES string of the molecule is O=C(c1ccccc1)C1(Cl)CCc2ccccc2C1=O. The van der Waals surface area contributed by atoms with Crippen molar-refractivity contribution in [3.05, 3.63) is 71.3 Å². The van der Waals surface area contributed by atoms with Crippen LogP contribution in [0.2, 0.25) is 0 Å². The first-order valence-electron chi connectivity index (χ1n) is 6.54. The number of Topliss-reactive ketones (excluding diaryl/α,β-unsaturated/α-hetero) is 2. The quantitative estimate of drug-likeness (QED) is 0.479. The highest BCUT2D eigenvalue weighted by Gasteiger charge is 2.47. The van der Waals surface area contributed by atoms with Gasteiger partial charge in [0.05, 0.1) is 0 Å². The van der Waals surface area contributed by atoms with Crippen molar-refractivity contribution in [2.75, 3.05) is 0 Å². The second-order valence-corrected chi connectivity index (χ2v) is 5.63. The van der Waals surface area contributed by atoms with Crippen LogP contribution in [-0.2, 0) is 6.42 Å². The molecule has 1 aliphatic rings. The summed E-state index contributed by atoms with van der Waals surface area (Å²) in [6.07, 6.45) is 0.988. The first-order valence-corrected chi connectivity index (χ1v) is 6.92. The maximum atomic E-state index is 12.6. The molecule has 3 rings (SSSR count). The lowest BCUT2D eigenvalue weighted by atomic mass is 9.78. The van der Waals surface area contributed by atoms with E-state index in [1.165, 1.54) is 0 Å². The number of alkyl halides is 1. The minimum Gasteiger partial charge on any atom is -0.292 e. The molecule has 2 aromatic rings. The Kier molecular flexibility index (Phi) is 3.19. The number of fused-ring (bicyclic) bond motifs is 1. The van der Waals surface area contributed by atoms with E-state index in [1.54, 1.807) is 36.4 Å². The van der Waals surface area contributed by atoms with Crippen LogP contribution in [0.4, 0.5) is 0 Å². The van der Waals surface area contributed by atoms with E-state index in [0.717, 1.165) is 5.56 Å². The van der Waals surface area contributed by atoms with Gasteiger partial charge >= 0.3 is 0 Å². The maximum Gasteiger partial charge on any atom is 0.191 e. The normalized spacial score (nSPS) is 21.4. The second-order valence-electron chi connectivity index (χ2n) is 4.98. The molecule has 1 atom stereocenters. The summed E-state index contributed by atoms with van der Waals surface area (Å²) in [4.78, 5) is 23.7. The van der Waals surface area contributed by atoms with E-state index in [-0.39, 0.29) is 11.6 Å². The van der Waals surface area contributed by atoms with E-state index in [9.17, 15) is 9.59 Å². The molecular formula is C17H13ClO2. The number of aryl methyl sites for hydroxylation is 1. The molecule has 0 saturated heterocycles. The summed E-state index contributed by atoms with van der Waals surface area (Å²) in [5.41, 5.74) is 2.02. The fourth-order valence-corrected chi connectivity index (χ4v) is 2.93. The van der Waals surface area contributed by atoms with Gasteiger partial charge in [-0.3, -0.25) is 9.59 Å². The number of hydrogen-bond acceptors (Lipinski definition) is 2. The molecule has 0 heterocycles. The van der Waals surface area contributed by atoms with Crippen molar-refractivity contribution in [2.24, 2.45) is 0 Å². The van der Waals surface area contributed by atoms with Crippen LogP contribution in [0, 0.1) is 0 Å². The summed E-state index contributed by atoms with van der Waals surface area (Å²) in [6, 6.07) is 16.1. The molecule has 3 heteroatoms. The molecule has 0 fully saturated rings. The number of benzene rings is 2. The largest absolute Gasteiger partial charge is 0.292 e. The fraction of sp³-hybridized carbons (Fsp3) is 0.176. The monoisotopic (exact) mass is 284 g/mol. The van der Waals surface area contributed by atoms with Crippen molar-refractivity contribution in [2.45, 2.75) is 17.7 Å². The number of carbonyl (C=O) groups excluding carboxylic acids is 2. The predicted molar refractivity (Wildman–Crippen MR) is 78.5 cm³/mol. The number of ketones is 2. The summed E-state index contributed by atoms with van der Waals surface area (Å²) in [5.74, 6) is -0.589. The second kappa shape index (κ2) is 4.88. The van der Waals surface area contributed by atoms with Gasteiger partial charge in [0.2, 0.25) is 0 Å². The summed E-state index contributed by atoms with van der Waals surface area (Å²) >= 11 is 6.44. The average molecular weight is 285 g/mol. The highest BCUT2D eigenvalue weighted by molar-refractivity contribution is 6.51. The molecule has 0 N–H and O–H groups in total. The van der Waals surface area contributed by atoms with Crippen LogP contribution in [0.15, 0.2) is 54.6 Å². The van der Waals surface area contributed by atoms with Gasteiger partial charge in [-0.25, -0.2) is 0 Å². The zero-order chi connectivity index (χ0) is 14.2. The van der Waals surface area contributed by atoms with Gasteiger partial charge in [0, 0.05) is 11.1 Å². The van der Waals surface area contributed by atoms with E-state index >= 15 is 0 Å². The minimum atomic E-state index is -1.46. The van der Waals surface area contributed by atoms with Gasteiger partial charge in [-0.15, -0.1) is 11.6 Å². The van der Waals surface area contributed by atoms with Crippen LogP contribution in [0.1, 0.15) is 32.7 Å².